The number of halogens is 1. The number of sulfonamides is 1. The minimum atomic E-state index is -4.18. The summed E-state index contributed by atoms with van der Waals surface area (Å²) in [4.78, 5) is 22.5. The minimum absolute atomic E-state index is 0.373. The Morgan fingerprint density at radius 2 is 2.00 bits per heavy atom. The molecule has 20 heavy (non-hydrogen) atoms. The fraction of sp³-hybridized carbons (Fsp3) is 0.0909. The van der Waals surface area contributed by atoms with Crippen LogP contribution in [0.25, 0.3) is 11.0 Å². The van der Waals surface area contributed by atoms with Gasteiger partial charge in [-0.3, -0.25) is 10.1 Å². The van der Waals surface area contributed by atoms with Crippen molar-refractivity contribution in [2.45, 2.75) is 5.09 Å². The highest BCUT2D eigenvalue weighted by atomic mass is 79.9. The van der Waals surface area contributed by atoms with E-state index in [1.54, 1.807) is 18.2 Å². The molecule has 2 heterocycles. The summed E-state index contributed by atoms with van der Waals surface area (Å²) >= 11 is 3.27. The number of benzene rings is 1. The van der Waals surface area contributed by atoms with E-state index in [4.69, 9.17) is 4.42 Å². The van der Waals surface area contributed by atoms with Crippen molar-refractivity contribution in [2.75, 3.05) is 6.54 Å². The number of carbonyl (C=O) groups is 2. The minimum Gasteiger partial charge on any atom is -0.443 e. The van der Waals surface area contributed by atoms with Gasteiger partial charge in [0.2, 0.25) is 11.0 Å². The number of hydrogen-bond acceptors (Lipinski definition) is 5. The third-order valence-corrected chi connectivity index (χ3v) is 4.84. The number of urea groups is 1. The van der Waals surface area contributed by atoms with Gasteiger partial charge in [-0.15, -0.1) is 0 Å². The van der Waals surface area contributed by atoms with Crippen molar-refractivity contribution in [3.63, 3.8) is 0 Å². The number of carbonyl (C=O) groups excluding carboxylic acids is 2. The van der Waals surface area contributed by atoms with Gasteiger partial charge in [0.25, 0.3) is 0 Å². The Kier molecular flexibility index (Phi) is 2.83. The van der Waals surface area contributed by atoms with Crippen LogP contribution in [0.3, 0.4) is 0 Å². The van der Waals surface area contributed by atoms with Crippen LogP contribution in [0, 0.1) is 0 Å². The summed E-state index contributed by atoms with van der Waals surface area (Å²) in [6.07, 6.45) is 0. The molecule has 1 aromatic carbocycles. The average molecular weight is 359 g/mol. The third-order valence-electron chi connectivity index (χ3n) is 2.76. The number of nitrogens with one attached hydrogen (secondary N) is 1. The molecule has 1 N–H and O–H groups in total. The molecule has 104 valence electrons. The first-order valence-corrected chi connectivity index (χ1v) is 7.67. The van der Waals surface area contributed by atoms with Crippen LogP contribution in [-0.4, -0.2) is 31.2 Å². The van der Waals surface area contributed by atoms with Crippen LogP contribution in [0.5, 0.6) is 0 Å². The molecule has 0 atom stereocenters. The summed E-state index contributed by atoms with van der Waals surface area (Å²) in [7, 11) is -4.18. The number of fused-ring (bicyclic) bond motifs is 1. The van der Waals surface area contributed by atoms with Crippen molar-refractivity contribution >= 4 is 48.9 Å². The molecular formula is C11H7BrN2O5S. The first-order chi connectivity index (χ1) is 9.38. The maximum atomic E-state index is 12.3. The number of amides is 3. The molecule has 1 aliphatic heterocycles. The van der Waals surface area contributed by atoms with Crippen LogP contribution in [0.15, 0.2) is 38.2 Å². The second-order valence-electron chi connectivity index (χ2n) is 4.11. The average Bonchev–Trinajstić information content (AvgIpc) is 2.92. The van der Waals surface area contributed by atoms with Crippen molar-refractivity contribution < 1.29 is 22.4 Å². The van der Waals surface area contributed by atoms with Crippen molar-refractivity contribution in [2.24, 2.45) is 0 Å². The van der Waals surface area contributed by atoms with Crippen LogP contribution in [0.2, 0.25) is 0 Å². The molecule has 0 radical (unpaired) electrons. The molecule has 3 amide bonds. The molecule has 0 unspecified atom stereocenters. The number of imide groups is 1. The lowest BCUT2D eigenvalue weighted by Gasteiger charge is -2.10. The number of furan rings is 1. The van der Waals surface area contributed by atoms with Gasteiger partial charge >= 0.3 is 16.1 Å². The first kappa shape index (κ1) is 13.1. The molecule has 1 aromatic heterocycles. The van der Waals surface area contributed by atoms with Crippen molar-refractivity contribution in [3.8, 4) is 0 Å². The maximum absolute atomic E-state index is 12.3. The zero-order chi connectivity index (χ0) is 14.5. The van der Waals surface area contributed by atoms with Crippen molar-refractivity contribution in [1.82, 2.24) is 9.62 Å². The van der Waals surface area contributed by atoms with Crippen LogP contribution in [-0.2, 0) is 14.8 Å². The van der Waals surface area contributed by atoms with Crippen LogP contribution in [0.4, 0.5) is 4.79 Å². The van der Waals surface area contributed by atoms with E-state index >= 15 is 0 Å². The highest BCUT2D eigenvalue weighted by Gasteiger charge is 2.39. The van der Waals surface area contributed by atoms with Gasteiger partial charge in [-0.2, -0.15) is 8.42 Å². The Balaban J connectivity index is 2.09. The summed E-state index contributed by atoms with van der Waals surface area (Å²) in [6, 6.07) is 5.33. The smallest absolute Gasteiger partial charge is 0.338 e. The van der Waals surface area contributed by atoms with Crippen LogP contribution in [0.1, 0.15) is 0 Å². The summed E-state index contributed by atoms with van der Waals surface area (Å²) in [5, 5.41) is 2.10. The van der Waals surface area contributed by atoms with E-state index in [0.29, 0.717) is 15.3 Å². The Hall–Kier alpha value is -1.87. The Morgan fingerprint density at radius 3 is 2.65 bits per heavy atom. The quantitative estimate of drug-likeness (QED) is 0.819. The maximum Gasteiger partial charge on any atom is 0.338 e. The third kappa shape index (κ3) is 1.98. The summed E-state index contributed by atoms with van der Waals surface area (Å²) in [5.74, 6) is -0.669. The fourth-order valence-electron chi connectivity index (χ4n) is 1.84. The van der Waals surface area contributed by atoms with Gasteiger partial charge in [0.15, 0.2) is 0 Å². The molecule has 3 rings (SSSR count). The zero-order valence-corrected chi connectivity index (χ0v) is 12.2. The van der Waals surface area contributed by atoms with Gasteiger partial charge < -0.3 is 4.42 Å². The van der Waals surface area contributed by atoms with E-state index in [-0.39, 0.29) is 5.09 Å². The lowest BCUT2D eigenvalue weighted by Crippen LogP contribution is -2.33. The van der Waals surface area contributed by atoms with Gasteiger partial charge in [-0.25, -0.2) is 9.10 Å². The van der Waals surface area contributed by atoms with E-state index in [1.165, 1.54) is 6.07 Å². The van der Waals surface area contributed by atoms with Crippen LogP contribution < -0.4 is 5.32 Å². The predicted molar refractivity (Wildman–Crippen MR) is 71.3 cm³/mol. The normalized spacial score (nSPS) is 15.9. The first-order valence-electron chi connectivity index (χ1n) is 5.43. The van der Waals surface area contributed by atoms with E-state index < -0.39 is 28.5 Å². The topological polar surface area (TPSA) is 96.7 Å². The van der Waals surface area contributed by atoms with Crippen molar-refractivity contribution in [1.29, 1.82) is 0 Å². The van der Waals surface area contributed by atoms with E-state index in [9.17, 15) is 18.0 Å². The van der Waals surface area contributed by atoms with Gasteiger partial charge in [0.1, 0.15) is 12.1 Å². The highest BCUT2D eigenvalue weighted by molar-refractivity contribution is 9.10. The van der Waals surface area contributed by atoms with E-state index in [1.807, 2.05) is 5.32 Å². The molecule has 2 aromatic rings. The highest BCUT2D eigenvalue weighted by Crippen LogP contribution is 2.28. The molecular weight excluding hydrogens is 352 g/mol. The summed E-state index contributed by atoms with van der Waals surface area (Å²) < 4.78 is 31.0. The van der Waals surface area contributed by atoms with E-state index in [2.05, 4.69) is 15.9 Å². The van der Waals surface area contributed by atoms with Gasteiger partial charge in [0.05, 0.1) is 0 Å². The van der Waals surface area contributed by atoms with Gasteiger partial charge in [-0.1, -0.05) is 15.9 Å². The Labute approximate surface area is 121 Å². The fourth-order valence-corrected chi connectivity index (χ4v) is 3.46. The predicted octanol–water partition coefficient (Wildman–Crippen LogP) is 1.44. The second-order valence-corrected chi connectivity index (χ2v) is 6.82. The molecule has 1 fully saturated rings. The lowest BCUT2D eigenvalue weighted by atomic mass is 10.3. The number of rotatable bonds is 2. The Bertz CT molecular complexity index is 842. The largest absolute Gasteiger partial charge is 0.443 e. The van der Waals surface area contributed by atoms with Gasteiger partial charge in [0, 0.05) is 15.9 Å². The Morgan fingerprint density at radius 1 is 1.25 bits per heavy atom. The number of nitrogens with zero attached hydrogens (tertiary/aromatic N) is 1. The summed E-state index contributed by atoms with van der Waals surface area (Å²) in [5.41, 5.74) is 0.373. The van der Waals surface area contributed by atoms with E-state index in [0.717, 1.165) is 4.47 Å². The van der Waals surface area contributed by atoms with Crippen molar-refractivity contribution in [3.05, 3.63) is 28.7 Å². The molecule has 0 saturated carbocycles. The zero-order valence-electron chi connectivity index (χ0n) is 9.79. The molecule has 7 nitrogen and oxygen atoms in total. The standard InChI is InChI=1S/C11H7BrN2O5S/c12-7-1-2-8-6(3-7)4-10(19-8)20(17,18)14-5-9(15)13-11(14)16/h1-4H,5H2,(H,13,15,16). The number of hydrogen-bond donors (Lipinski definition) is 1. The van der Waals surface area contributed by atoms with Crippen LogP contribution >= 0.6 is 15.9 Å². The molecule has 0 aliphatic carbocycles. The van der Waals surface area contributed by atoms with Gasteiger partial charge in [-0.05, 0) is 18.2 Å². The molecule has 9 heteroatoms. The summed E-state index contributed by atoms with van der Waals surface area (Å²) in [6.45, 7) is -0.540. The molecule has 0 spiro atoms. The molecule has 1 aliphatic rings. The second kappa shape index (κ2) is 4.32. The monoisotopic (exact) mass is 358 g/mol. The SMILES string of the molecule is O=C1CN(S(=O)(=O)c2cc3cc(Br)ccc3o2)C(=O)N1. The molecule has 0 bridgehead atoms. The molecule has 1 saturated heterocycles. The lowest BCUT2D eigenvalue weighted by molar-refractivity contribution is -0.118.